The molecule has 0 amide bonds. The zero-order valence-corrected chi connectivity index (χ0v) is 28.0. The smallest absolute Gasteiger partial charge is 0.188 e. The maximum atomic E-state index is 14.0. The summed E-state index contributed by atoms with van der Waals surface area (Å²) in [6.07, 6.45) is 12.6. The largest absolute Gasteiger partial charge is 0.493 e. The quantitative estimate of drug-likeness (QED) is 0.252. The number of allylic oxidation sites excluding steroid dienone is 1. The third kappa shape index (κ3) is 7.29. The van der Waals surface area contributed by atoms with Crippen LogP contribution in [0.3, 0.4) is 0 Å². The zero-order valence-electron chi connectivity index (χ0n) is 28.0. The van der Waals surface area contributed by atoms with Crippen LogP contribution in [0.4, 0.5) is 10.1 Å². The molecule has 2 aromatic rings. The summed E-state index contributed by atoms with van der Waals surface area (Å²) in [5.41, 5.74) is 7.25. The van der Waals surface area contributed by atoms with E-state index in [1.165, 1.54) is 47.1 Å². The summed E-state index contributed by atoms with van der Waals surface area (Å²) in [7, 11) is 5.61. The van der Waals surface area contributed by atoms with Crippen LogP contribution in [0.15, 0.2) is 65.7 Å². The summed E-state index contributed by atoms with van der Waals surface area (Å²) in [5.74, 6) is 3.09. The van der Waals surface area contributed by atoms with Gasteiger partial charge in [-0.25, -0.2) is 4.39 Å². The summed E-state index contributed by atoms with van der Waals surface area (Å²) >= 11 is 0. The Morgan fingerprint density at radius 2 is 1.69 bits per heavy atom. The highest BCUT2D eigenvalue weighted by molar-refractivity contribution is 5.74. The summed E-state index contributed by atoms with van der Waals surface area (Å²) in [4.78, 5) is 7.21. The number of likely N-dealkylation sites (tertiary alicyclic amines) is 1. The van der Waals surface area contributed by atoms with E-state index in [0.29, 0.717) is 12.0 Å². The van der Waals surface area contributed by atoms with E-state index in [0.717, 1.165) is 74.9 Å². The van der Waals surface area contributed by atoms with Crippen molar-refractivity contribution in [2.24, 2.45) is 0 Å². The molecule has 0 N–H and O–H groups in total. The van der Waals surface area contributed by atoms with E-state index < -0.39 is 0 Å². The number of likely N-dealkylation sites (N-methyl/N-ethyl adjacent to an activating group) is 1. The number of nitrogens with zero attached hydrogens (tertiary/aromatic N) is 3. The van der Waals surface area contributed by atoms with E-state index >= 15 is 0 Å². The molecule has 4 aliphatic rings. The van der Waals surface area contributed by atoms with Crippen LogP contribution in [0.5, 0.6) is 11.5 Å². The van der Waals surface area contributed by atoms with Crippen molar-refractivity contribution < 1.29 is 18.6 Å². The molecule has 2 heterocycles. The van der Waals surface area contributed by atoms with Crippen LogP contribution in [0, 0.1) is 5.82 Å². The van der Waals surface area contributed by atoms with Gasteiger partial charge in [-0.1, -0.05) is 12.5 Å². The fourth-order valence-electron chi connectivity index (χ4n) is 6.93. The normalized spacial score (nSPS) is 19.0. The Kier molecular flexibility index (Phi) is 9.07. The number of anilines is 1. The second-order valence-corrected chi connectivity index (χ2v) is 14.2. The Labute approximate surface area is 269 Å². The second-order valence-electron chi connectivity index (χ2n) is 14.2. The topological polar surface area (TPSA) is 37.4 Å². The van der Waals surface area contributed by atoms with Crippen LogP contribution < -0.4 is 14.4 Å². The molecule has 6 rings (SSSR count). The number of methoxy groups -OCH3 is 2. The van der Waals surface area contributed by atoms with Gasteiger partial charge in [0.2, 0.25) is 0 Å². The van der Waals surface area contributed by atoms with Crippen LogP contribution in [-0.2, 0) is 4.74 Å². The number of halogens is 1. The average molecular weight is 616 g/mol. The molecule has 2 aliphatic heterocycles. The van der Waals surface area contributed by atoms with E-state index in [4.69, 9.17) is 14.2 Å². The first-order chi connectivity index (χ1) is 21.6. The Balaban J connectivity index is 1.26. The maximum absolute atomic E-state index is 14.0. The first-order valence-electron chi connectivity index (χ1n) is 16.7. The van der Waals surface area contributed by atoms with Crippen LogP contribution in [-0.4, -0.2) is 68.9 Å². The van der Waals surface area contributed by atoms with Crippen molar-refractivity contribution in [3.63, 3.8) is 0 Å². The van der Waals surface area contributed by atoms with Crippen molar-refractivity contribution in [2.75, 3.05) is 52.3 Å². The van der Waals surface area contributed by atoms with Gasteiger partial charge in [-0.3, -0.25) is 0 Å². The number of ether oxygens (including phenoxy) is 3. The maximum Gasteiger partial charge on any atom is 0.188 e. The van der Waals surface area contributed by atoms with E-state index in [-0.39, 0.29) is 11.4 Å². The standard InChI is InChI=1S/C38H50FN3O3/c1-38(2,3)45-37(28-10-11-28)41-18-16-33(17-19-41)42(32-14-12-31(39)13-15-32)24-26-20-30(25-40(4)23-26)29-21-34(27-8-7-9-27)36(44-6)35(22-29)43-5/h12-15,20-23,27,33H,7-11,16-19,24-25H2,1-6H3. The molecule has 45 heavy (non-hydrogen) atoms. The van der Waals surface area contributed by atoms with Gasteiger partial charge in [0.1, 0.15) is 11.4 Å². The van der Waals surface area contributed by atoms with E-state index in [1.54, 1.807) is 26.4 Å². The van der Waals surface area contributed by atoms with Gasteiger partial charge in [-0.15, -0.1) is 0 Å². The van der Waals surface area contributed by atoms with Crippen LogP contribution in [0.25, 0.3) is 5.57 Å². The molecule has 2 aliphatic carbocycles. The molecule has 1 saturated heterocycles. The number of hydrogen-bond acceptors (Lipinski definition) is 6. The van der Waals surface area contributed by atoms with Gasteiger partial charge in [0, 0.05) is 56.7 Å². The van der Waals surface area contributed by atoms with Crippen LogP contribution >= 0.6 is 0 Å². The molecule has 242 valence electrons. The van der Waals surface area contributed by atoms with Gasteiger partial charge in [0.05, 0.1) is 14.2 Å². The lowest BCUT2D eigenvalue weighted by atomic mass is 9.78. The number of piperidine rings is 1. The lowest BCUT2D eigenvalue weighted by Gasteiger charge is -2.42. The minimum absolute atomic E-state index is 0.205. The molecule has 0 atom stereocenters. The lowest BCUT2D eigenvalue weighted by molar-refractivity contribution is -0.00534. The van der Waals surface area contributed by atoms with E-state index in [9.17, 15) is 4.39 Å². The van der Waals surface area contributed by atoms with Crippen LogP contribution in [0.2, 0.25) is 0 Å². The summed E-state index contributed by atoms with van der Waals surface area (Å²) in [6, 6.07) is 11.8. The molecule has 0 aromatic heterocycles. The fraction of sp³-hybridized carbons (Fsp3) is 0.526. The van der Waals surface area contributed by atoms with Gasteiger partial charge in [0.15, 0.2) is 17.4 Å². The average Bonchev–Trinajstić information content (AvgIpc) is 3.83. The predicted octanol–water partition coefficient (Wildman–Crippen LogP) is 8.11. The van der Waals surface area contributed by atoms with E-state index in [1.807, 2.05) is 12.1 Å². The summed E-state index contributed by atoms with van der Waals surface area (Å²) < 4.78 is 32.2. The monoisotopic (exact) mass is 615 g/mol. The molecule has 6 nitrogen and oxygen atoms in total. The van der Waals surface area contributed by atoms with Gasteiger partial charge < -0.3 is 28.9 Å². The zero-order chi connectivity index (χ0) is 31.7. The minimum atomic E-state index is -0.210. The summed E-state index contributed by atoms with van der Waals surface area (Å²) in [6.45, 7) is 9.87. The molecular weight excluding hydrogens is 565 g/mol. The molecule has 7 heteroatoms. The number of hydrogen-bond donors (Lipinski definition) is 0. The third-order valence-corrected chi connectivity index (χ3v) is 9.50. The van der Waals surface area contributed by atoms with Crippen molar-refractivity contribution in [1.29, 1.82) is 0 Å². The fourth-order valence-corrected chi connectivity index (χ4v) is 6.93. The SMILES string of the molecule is COc1cc(C2=CC(CN(c3ccc(F)cc3)C3CCN(C(OC(C)(C)C)=C4CC4)CC3)=CN(C)C2)cc(C2CCC2)c1OC. The van der Waals surface area contributed by atoms with Gasteiger partial charge in [-0.05, 0) is 124 Å². The van der Waals surface area contributed by atoms with Gasteiger partial charge in [0.25, 0.3) is 0 Å². The Bertz CT molecular complexity index is 1450. The first-order valence-corrected chi connectivity index (χ1v) is 16.7. The molecule has 3 fully saturated rings. The van der Waals surface area contributed by atoms with Crippen molar-refractivity contribution in [3.8, 4) is 11.5 Å². The predicted molar refractivity (Wildman–Crippen MR) is 180 cm³/mol. The Morgan fingerprint density at radius 3 is 2.27 bits per heavy atom. The molecule has 0 radical (unpaired) electrons. The van der Waals surface area contributed by atoms with Crippen molar-refractivity contribution in [1.82, 2.24) is 9.80 Å². The van der Waals surface area contributed by atoms with Crippen molar-refractivity contribution in [2.45, 2.75) is 83.3 Å². The number of rotatable bonds is 10. The molecule has 0 bridgehead atoms. The second kappa shape index (κ2) is 13.0. The highest BCUT2D eigenvalue weighted by atomic mass is 19.1. The minimum Gasteiger partial charge on any atom is -0.493 e. The van der Waals surface area contributed by atoms with Crippen molar-refractivity contribution in [3.05, 3.63) is 82.6 Å². The molecule has 2 aromatic carbocycles. The molecule has 2 saturated carbocycles. The van der Waals surface area contributed by atoms with Crippen LogP contribution in [0.1, 0.15) is 82.8 Å². The number of benzene rings is 2. The lowest BCUT2D eigenvalue weighted by Crippen LogP contribution is -2.46. The Morgan fingerprint density at radius 1 is 0.978 bits per heavy atom. The summed E-state index contributed by atoms with van der Waals surface area (Å²) in [5, 5.41) is 0. The Hall–Kier alpha value is -3.61. The highest BCUT2D eigenvalue weighted by Crippen LogP contribution is 2.46. The molecule has 0 unspecified atom stereocenters. The molecular formula is C38H50FN3O3. The molecule has 0 spiro atoms. The third-order valence-electron chi connectivity index (χ3n) is 9.50. The van der Waals surface area contributed by atoms with Gasteiger partial charge in [-0.2, -0.15) is 0 Å². The first kappa shape index (κ1) is 31.4. The van der Waals surface area contributed by atoms with Gasteiger partial charge >= 0.3 is 0 Å². The van der Waals surface area contributed by atoms with Crippen molar-refractivity contribution >= 4 is 11.3 Å². The van der Waals surface area contributed by atoms with E-state index in [2.05, 4.69) is 66.9 Å². The highest BCUT2D eigenvalue weighted by Gasteiger charge is 2.33.